The second-order valence-electron chi connectivity index (χ2n) is 7.24. The highest BCUT2D eigenvalue weighted by Gasteiger charge is 2.44. The molecule has 2 N–H and O–H groups in total. The number of hydrogen-bond donors (Lipinski definition) is 2. The molecule has 5 nitrogen and oxygen atoms in total. The maximum Gasteiger partial charge on any atom is 0.255 e. The van der Waals surface area contributed by atoms with Crippen LogP contribution < -0.4 is 10.6 Å². The van der Waals surface area contributed by atoms with Crippen LogP contribution >= 0.6 is 35.0 Å². The fourth-order valence-electron chi connectivity index (χ4n) is 3.42. The first-order chi connectivity index (χ1) is 12.8. The predicted octanol–water partition coefficient (Wildman–Crippen LogP) is 3.55. The summed E-state index contributed by atoms with van der Waals surface area (Å²) >= 11 is 13.9. The van der Waals surface area contributed by atoms with Gasteiger partial charge in [0.05, 0.1) is 21.5 Å². The van der Waals surface area contributed by atoms with Crippen molar-refractivity contribution in [1.82, 2.24) is 15.5 Å². The zero-order valence-corrected chi connectivity index (χ0v) is 17.9. The molecule has 0 aliphatic carbocycles. The molecule has 3 rings (SSSR count). The highest BCUT2D eigenvalue weighted by molar-refractivity contribution is 8.01. The molecule has 2 saturated heterocycles. The van der Waals surface area contributed by atoms with Crippen LogP contribution in [-0.2, 0) is 4.79 Å². The van der Waals surface area contributed by atoms with Crippen molar-refractivity contribution in [3.05, 3.63) is 33.8 Å². The molecule has 2 aliphatic rings. The van der Waals surface area contributed by atoms with Gasteiger partial charge in [0.2, 0.25) is 5.91 Å². The van der Waals surface area contributed by atoms with Crippen LogP contribution in [0.2, 0.25) is 10.0 Å². The molecule has 0 saturated carbocycles. The number of carbonyl (C=O) groups is 2. The van der Waals surface area contributed by atoms with E-state index in [0.717, 1.165) is 25.0 Å². The lowest BCUT2D eigenvalue weighted by molar-refractivity contribution is -0.123. The van der Waals surface area contributed by atoms with E-state index in [9.17, 15) is 9.59 Å². The molecule has 0 radical (unpaired) electrons. The molecular formula is C19H25Cl2N3O2S. The summed E-state index contributed by atoms with van der Waals surface area (Å²) in [7, 11) is 0. The largest absolute Gasteiger partial charge is 0.352 e. The van der Waals surface area contributed by atoms with E-state index in [1.165, 1.54) is 0 Å². The standard InChI is InChI=1S/C19H25Cl2N3O2S/c1-3-12(2)22-17(25)16-11-27-19(23-16)6-8-24(9-7-19)18(26)14-5-4-13(20)10-15(14)21/h4-5,10,12,16,23H,3,6-9,11H2,1-2H3,(H,22,25). The van der Waals surface area contributed by atoms with Gasteiger partial charge in [-0.15, -0.1) is 11.8 Å². The highest BCUT2D eigenvalue weighted by atomic mass is 35.5. The molecule has 2 fully saturated rings. The van der Waals surface area contributed by atoms with Crippen LogP contribution in [0.15, 0.2) is 18.2 Å². The predicted molar refractivity (Wildman–Crippen MR) is 112 cm³/mol. The fraction of sp³-hybridized carbons (Fsp3) is 0.579. The van der Waals surface area contributed by atoms with Crippen LogP contribution in [0.4, 0.5) is 0 Å². The summed E-state index contributed by atoms with van der Waals surface area (Å²) in [5.74, 6) is 0.764. The molecule has 1 aromatic rings. The van der Waals surface area contributed by atoms with E-state index in [4.69, 9.17) is 23.2 Å². The third-order valence-corrected chi connectivity index (χ3v) is 7.43. The number of rotatable bonds is 4. The van der Waals surface area contributed by atoms with Gasteiger partial charge in [0, 0.05) is 29.9 Å². The molecule has 0 bridgehead atoms. The summed E-state index contributed by atoms with van der Waals surface area (Å²) in [5.41, 5.74) is 0.481. The summed E-state index contributed by atoms with van der Waals surface area (Å²) in [6.45, 7) is 5.35. The number of thioether (sulfide) groups is 1. The topological polar surface area (TPSA) is 61.4 Å². The van der Waals surface area contributed by atoms with Crippen LogP contribution in [0.3, 0.4) is 0 Å². The van der Waals surface area contributed by atoms with Crippen LogP contribution in [-0.4, -0.2) is 52.5 Å². The minimum absolute atomic E-state index is 0.0689. The van der Waals surface area contributed by atoms with Crippen molar-refractivity contribution < 1.29 is 9.59 Å². The average Bonchev–Trinajstić information content (AvgIpc) is 3.05. The normalized spacial score (nSPS) is 22.7. The number of likely N-dealkylation sites (tertiary alicyclic amines) is 1. The summed E-state index contributed by atoms with van der Waals surface area (Å²) in [4.78, 5) is 26.9. The maximum atomic E-state index is 12.8. The number of nitrogens with zero attached hydrogens (tertiary/aromatic N) is 1. The maximum absolute atomic E-state index is 12.8. The average molecular weight is 430 g/mol. The number of piperidine rings is 1. The highest BCUT2D eigenvalue weighted by Crippen LogP contribution is 2.39. The first kappa shape index (κ1) is 20.8. The Balaban J connectivity index is 1.57. The number of nitrogens with one attached hydrogen (secondary N) is 2. The Kier molecular flexibility index (Phi) is 6.62. The Morgan fingerprint density at radius 3 is 2.70 bits per heavy atom. The van der Waals surface area contributed by atoms with Gasteiger partial charge >= 0.3 is 0 Å². The van der Waals surface area contributed by atoms with Gasteiger partial charge in [-0.3, -0.25) is 14.9 Å². The minimum Gasteiger partial charge on any atom is -0.352 e. The molecular weight excluding hydrogens is 405 g/mol. The molecule has 2 aliphatic heterocycles. The van der Waals surface area contributed by atoms with Gasteiger partial charge in [0.25, 0.3) is 5.91 Å². The summed E-state index contributed by atoms with van der Waals surface area (Å²) in [6.07, 6.45) is 2.53. The Bertz CT molecular complexity index is 723. The van der Waals surface area contributed by atoms with Gasteiger partial charge in [0.1, 0.15) is 0 Å². The van der Waals surface area contributed by atoms with Crippen molar-refractivity contribution in [1.29, 1.82) is 0 Å². The summed E-state index contributed by atoms with van der Waals surface area (Å²) in [5, 5.41) is 7.46. The third kappa shape index (κ3) is 4.73. The van der Waals surface area contributed by atoms with E-state index in [2.05, 4.69) is 17.6 Å². The van der Waals surface area contributed by atoms with Crippen molar-refractivity contribution in [3.8, 4) is 0 Å². The van der Waals surface area contributed by atoms with Crippen LogP contribution in [0.5, 0.6) is 0 Å². The Labute approximate surface area is 174 Å². The second kappa shape index (κ2) is 8.60. The van der Waals surface area contributed by atoms with Crippen molar-refractivity contribution in [3.63, 3.8) is 0 Å². The molecule has 8 heteroatoms. The molecule has 2 amide bonds. The van der Waals surface area contributed by atoms with E-state index in [1.54, 1.807) is 30.0 Å². The number of amides is 2. The van der Waals surface area contributed by atoms with E-state index in [0.29, 0.717) is 28.7 Å². The van der Waals surface area contributed by atoms with Gasteiger partial charge < -0.3 is 10.2 Å². The van der Waals surface area contributed by atoms with Gasteiger partial charge in [-0.2, -0.15) is 0 Å². The van der Waals surface area contributed by atoms with E-state index in [1.807, 2.05) is 11.8 Å². The van der Waals surface area contributed by atoms with Crippen molar-refractivity contribution in [2.75, 3.05) is 18.8 Å². The zero-order valence-electron chi connectivity index (χ0n) is 15.6. The van der Waals surface area contributed by atoms with Gasteiger partial charge in [-0.05, 0) is 44.4 Å². The van der Waals surface area contributed by atoms with Gasteiger partial charge in [-0.1, -0.05) is 30.1 Å². The first-order valence-corrected chi connectivity index (χ1v) is 11.0. The fourth-order valence-corrected chi connectivity index (χ4v) is 5.33. The molecule has 1 spiro atoms. The van der Waals surface area contributed by atoms with E-state index >= 15 is 0 Å². The minimum atomic E-state index is -0.169. The molecule has 0 aromatic heterocycles. The summed E-state index contributed by atoms with van der Waals surface area (Å²) < 4.78 is 0. The molecule has 2 atom stereocenters. The summed E-state index contributed by atoms with van der Waals surface area (Å²) in [6, 6.07) is 4.97. The number of halogens is 2. The van der Waals surface area contributed by atoms with Crippen LogP contribution in [0.1, 0.15) is 43.5 Å². The third-order valence-electron chi connectivity index (χ3n) is 5.30. The SMILES string of the molecule is CCC(C)NC(=O)C1CSC2(CCN(C(=O)c3ccc(Cl)cc3Cl)CC2)N1. The number of hydrogen-bond acceptors (Lipinski definition) is 4. The van der Waals surface area contributed by atoms with Crippen molar-refractivity contribution in [2.45, 2.75) is 50.1 Å². The Hall–Kier alpha value is -0.950. The first-order valence-electron chi connectivity index (χ1n) is 9.30. The van der Waals surface area contributed by atoms with Crippen molar-refractivity contribution >= 4 is 46.8 Å². The molecule has 1 aromatic carbocycles. The second-order valence-corrected chi connectivity index (χ2v) is 9.48. The van der Waals surface area contributed by atoms with Crippen LogP contribution in [0.25, 0.3) is 0 Å². The quantitative estimate of drug-likeness (QED) is 0.767. The zero-order chi connectivity index (χ0) is 19.6. The number of benzene rings is 1. The molecule has 2 unspecified atom stereocenters. The van der Waals surface area contributed by atoms with E-state index < -0.39 is 0 Å². The monoisotopic (exact) mass is 429 g/mol. The lowest BCUT2D eigenvalue weighted by Crippen LogP contribution is -2.55. The van der Waals surface area contributed by atoms with Gasteiger partial charge in [-0.25, -0.2) is 0 Å². The smallest absolute Gasteiger partial charge is 0.255 e. The molecule has 27 heavy (non-hydrogen) atoms. The molecule has 2 heterocycles. The lowest BCUT2D eigenvalue weighted by Gasteiger charge is -2.39. The van der Waals surface area contributed by atoms with Gasteiger partial charge in [0.15, 0.2) is 0 Å². The number of carbonyl (C=O) groups excluding carboxylic acids is 2. The van der Waals surface area contributed by atoms with E-state index in [-0.39, 0.29) is 28.8 Å². The van der Waals surface area contributed by atoms with Crippen molar-refractivity contribution in [2.24, 2.45) is 0 Å². The van der Waals surface area contributed by atoms with Crippen LogP contribution in [0, 0.1) is 0 Å². The Morgan fingerprint density at radius 1 is 1.37 bits per heavy atom. The Morgan fingerprint density at radius 2 is 2.07 bits per heavy atom. The lowest BCUT2D eigenvalue weighted by atomic mass is 10.0. The molecule has 148 valence electrons.